The molecule has 0 aromatic carbocycles. The molecule has 0 atom stereocenters. The third-order valence-electron chi connectivity index (χ3n) is 3.33. The van der Waals surface area contributed by atoms with Gasteiger partial charge < -0.3 is 15.0 Å². The van der Waals surface area contributed by atoms with Crippen LogP contribution in [0.1, 0.15) is 26.7 Å². The number of piperazine rings is 1. The van der Waals surface area contributed by atoms with Crippen LogP contribution in [0.5, 0.6) is 0 Å². The van der Waals surface area contributed by atoms with E-state index in [1.165, 1.54) is 0 Å². The van der Waals surface area contributed by atoms with Crippen molar-refractivity contribution in [3.8, 4) is 0 Å². The number of hydrogen-bond acceptors (Lipinski definition) is 3. The van der Waals surface area contributed by atoms with Crippen LogP contribution in [0, 0.1) is 0 Å². The zero-order valence-electron chi connectivity index (χ0n) is 10.2. The average molecular weight is 228 g/mol. The van der Waals surface area contributed by atoms with Crippen LogP contribution in [-0.2, 0) is 14.3 Å². The second kappa shape index (κ2) is 5.30. The van der Waals surface area contributed by atoms with E-state index in [0.717, 1.165) is 0 Å². The number of amides is 2. The highest BCUT2D eigenvalue weighted by Crippen LogP contribution is 2.26. The first kappa shape index (κ1) is 13.0. The molecule has 5 nitrogen and oxygen atoms in total. The number of ether oxygens (including phenoxy) is 1. The molecule has 0 aromatic heterocycles. The van der Waals surface area contributed by atoms with Crippen molar-refractivity contribution in [1.29, 1.82) is 0 Å². The topological polar surface area (TPSA) is 58.6 Å². The van der Waals surface area contributed by atoms with Gasteiger partial charge in [0.15, 0.2) is 0 Å². The van der Waals surface area contributed by atoms with Crippen LogP contribution in [0.3, 0.4) is 0 Å². The number of nitrogens with zero attached hydrogens (tertiary/aromatic N) is 1. The largest absolute Gasteiger partial charge is 0.383 e. The Morgan fingerprint density at radius 2 is 2.00 bits per heavy atom. The third kappa shape index (κ3) is 2.04. The first-order chi connectivity index (χ1) is 7.62. The fraction of sp³-hybridized carbons (Fsp3) is 0.818. The summed E-state index contributed by atoms with van der Waals surface area (Å²) >= 11 is 0. The van der Waals surface area contributed by atoms with Gasteiger partial charge in [0.05, 0.1) is 13.2 Å². The lowest BCUT2D eigenvalue weighted by atomic mass is 9.87. The van der Waals surface area contributed by atoms with Crippen molar-refractivity contribution >= 4 is 11.8 Å². The van der Waals surface area contributed by atoms with Crippen LogP contribution in [0.25, 0.3) is 0 Å². The molecule has 16 heavy (non-hydrogen) atoms. The summed E-state index contributed by atoms with van der Waals surface area (Å²) < 4.78 is 4.98. The molecule has 1 N–H and O–H groups in total. The number of methoxy groups -OCH3 is 1. The molecular weight excluding hydrogens is 208 g/mol. The molecule has 0 unspecified atom stereocenters. The third-order valence-corrected chi connectivity index (χ3v) is 3.33. The fourth-order valence-electron chi connectivity index (χ4n) is 2.25. The van der Waals surface area contributed by atoms with Gasteiger partial charge in [-0.05, 0) is 12.8 Å². The summed E-state index contributed by atoms with van der Waals surface area (Å²) in [6.07, 6.45) is 1.26. The molecule has 1 heterocycles. The van der Waals surface area contributed by atoms with Crippen molar-refractivity contribution in [1.82, 2.24) is 10.2 Å². The predicted octanol–water partition coefficient (Wildman–Crippen LogP) is 0.150. The van der Waals surface area contributed by atoms with E-state index in [-0.39, 0.29) is 18.4 Å². The molecule has 92 valence electrons. The minimum atomic E-state index is -0.687. The Morgan fingerprint density at radius 3 is 2.50 bits per heavy atom. The van der Waals surface area contributed by atoms with E-state index < -0.39 is 5.54 Å². The summed E-state index contributed by atoms with van der Waals surface area (Å²) in [5.41, 5.74) is -0.687. The maximum Gasteiger partial charge on any atom is 0.246 e. The molecule has 0 bridgehead atoms. The van der Waals surface area contributed by atoms with Gasteiger partial charge in [-0.3, -0.25) is 9.59 Å². The molecular formula is C11H20N2O3. The molecule has 2 amide bonds. The van der Waals surface area contributed by atoms with Crippen LogP contribution >= 0.6 is 0 Å². The summed E-state index contributed by atoms with van der Waals surface area (Å²) in [7, 11) is 1.59. The van der Waals surface area contributed by atoms with E-state index >= 15 is 0 Å². The minimum absolute atomic E-state index is 0.0275. The van der Waals surface area contributed by atoms with Crippen molar-refractivity contribution in [3.05, 3.63) is 0 Å². The Bertz CT molecular complexity index is 274. The van der Waals surface area contributed by atoms with Gasteiger partial charge >= 0.3 is 0 Å². The van der Waals surface area contributed by atoms with Gasteiger partial charge in [0.1, 0.15) is 5.54 Å². The predicted molar refractivity (Wildman–Crippen MR) is 59.9 cm³/mol. The zero-order valence-corrected chi connectivity index (χ0v) is 10.2. The molecule has 5 heteroatoms. The summed E-state index contributed by atoms with van der Waals surface area (Å²) in [6.45, 7) is 4.90. The van der Waals surface area contributed by atoms with Gasteiger partial charge in [-0.25, -0.2) is 0 Å². The highest BCUT2D eigenvalue weighted by atomic mass is 16.5. The Labute approximate surface area is 96.1 Å². The smallest absolute Gasteiger partial charge is 0.246 e. The molecule has 0 aromatic rings. The van der Waals surface area contributed by atoms with E-state index in [2.05, 4.69) is 5.32 Å². The molecule has 0 saturated carbocycles. The summed E-state index contributed by atoms with van der Waals surface area (Å²) in [5.74, 6) is -0.0754. The van der Waals surface area contributed by atoms with Crippen LogP contribution < -0.4 is 5.32 Å². The highest BCUT2D eigenvalue weighted by molar-refractivity contribution is 5.97. The van der Waals surface area contributed by atoms with Crippen molar-refractivity contribution in [2.45, 2.75) is 32.2 Å². The van der Waals surface area contributed by atoms with Crippen LogP contribution in [-0.4, -0.2) is 49.1 Å². The van der Waals surface area contributed by atoms with Gasteiger partial charge in [0.25, 0.3) is 0 Å². The number of carbonyl (C=O) groups is 2. The lowest BCUT2D eigenvalue weighted by Crippen LogP contribution is -2.67. The van der Waals surface area contributed by atoms with E-state index in [1.54, 1.807) is 12.0 Å². The minimum Gasteiger partial charge on any atom is -0.383 e. The molecule has 1 aliphatic heterocycles. The van der Waals surface area contributed by atoms with Gasteiger partial charge in [0, 0.05) is 13.7 Å². The average Bonchev–Trinajstić information content (AvgIpc) is 2.30. The summed E-state index contributed by atoms with van der Waals surface area (Å²) in [6, 6.07) is 0. The quantitative estimate of drug-likeness (QED) is 0.728. The van der Waals surface area contributed by atoms with Gasteiger partial charge in [0.2, 0.25) is 11.8 Å². The fourth-order valence-corrected chi connectivity index (χ4v) is 2.25. The zero-order chi connectivity index (χ0) is 12.2. The number of carbonyl (C=O) groups excluding carboxylic acids is 2. The van der Waals surface area contributed by atoms with Crippen molar-refractivity contribution in [2.75, 3.05) is 26.8 Å². The summed E-state index contributed by atoms with van der Waals surface area (Å²) in [4.78, 5) is 25.4. The standard InChI is InChI=1S/C11H20N2O3/c1-4-11(5-2)10(15)12-8-9(14)13(11)6-7-16-3/h4-8H2,1-3H3,(H,12,15). The molecule has 0 spiro atoms. The van der Waals surface area contributed by atoms with Crippen LogP contribution in [0.4, 0.5) is 0 Å². The van der Waals surface area contributed by atoms with Crippen molar-refractivity contribution < 1.29 is 14.3 Å². The molecule has 0 radical (unpaired) electrons. The van der Waals surface area contributed by atoms with E-state index in [1.807, 2.05) is 13.8 Å². The van der Waals surface area contributed by atoms with Crippen molar-refractivity contribution in [3.63, 3.8) is 0 Å². The SMILES string of the molecule is CCC1(CC)C(=O)NCC(=O)N1CCOC. The molecule has 1 saturated heterocycles. The van der Waals surface area contributed by atoms with Crippen molar-refractivity contribution in [2.24, 2.45) is 0 Å². The van der Waals surface area contributed by atoms with E-state index in [4.69, 9.17) is 4.74 Å². The lowest BCUT2D eigenvalue weighted by molar-refractivity contribution is -0.155. The second-order valence-corrected chi connectivity index (χ2v) is 3.96. The lowest BCUT2D eigenvalue weighted by Gasteiger charge is -2.44. The number of rotatable bonds is 5. The Hall–Kier alpha value is -1.10. The van der Waals surface area contributed by atoms with Gasteiger partial charge in [-0.1, -0.05) is 13.8 Å². The highest BCUT2D eigenvalue weighted by Gasteiger charge is 2.46. The number of nitrogens with one attached hydrogen (secondary N) is 1. The first-order valence-corrected chi connectivity index (χ1v) is 5.70. The van der Waals surface area contributed by atoms with Gasteiger partial charge in [-0.2, -0.15) is 0 Å². The molecule has 1 rings (SSSR count). The second-order valence-electron chi connectivity index (χ2n) is 3.96. The monoisotopic (exact) mass is 228 g/mol. The van der Waals surface area contributed by atoms with Crippen LogP contribution in [0.2, 0.25) is 0 Å². The van der Waals surface area contributed by atoms with Gasteiger partial charge in [-0.15, -0.1) is 0 Å². The first-order valence-electron chi connectivity index (χ1n) is 5.70. The van der Waals surface area contributed by atoms with E-state index in [9.17, 15) is 9.59 Å². The Kier molecular flexibility index (Phi) is 4.29. The maximum absolute atomic E-state index is 12.0. The summed E-state index contributed by atoms with van der Waals surface area (Å²) in [5, 5.41) is 2.66. The molecule has 1 aliphatic rings. The molecule has 1 fully saturated rings. The van der Waals surface area contributed by atoms with Crippen LogP contribution in [0.15, 0.2) is 0 Å². The molecule has 0 aliphatic carbocycles. The Morgan fingerprint density at radius 1 is 1.38 bits per heavy atom. The Balaban J connectivity index is 2.93. The maximum atomic E-state index is 12.0. The van der Waals surface area contributed by atoms with E-state index in [0.29, 0.717) is 26.0 Å². The number of hydrogen-bond donors (Lipinski definition) is 1. The normalized spacial score (nSPS) is 19.8.